The summed E-state index contributed by atoms with van der Waals surface area (Å²) in [5, 5.41) is 1.07. The fraction of sp³-hybridized carbons (Fsp3) is 0.292. The number of nitrogens with zero attached hydrogens (tertiary/aromatic N) is 1. The van der Waals surface area contributed by atoms with Gasteiger partial charge in [-0.1, -0.05) is 57.2 Å². The van der Waals surface area contributed by atoms with Crippen LogP contribution in [0.3, 0.4) is 0 Å². The first kappa shape index (κ1) is 24.8. The summed E-state index contributed by atoms with van der Waals surface area (Å²) in [5.41, 5.74) is -2.22. The summed E-state index contributed by atoms with van der Waals surface area (Å²) in [7, 11) is -5.52. The smallest absolute Gasteiger partial charge is 0.487 e. The van der Waals surface area contributed by atoms with E-state index < -0.39 is 21.3 Å². The maximum Gasteiger partial charge on any atom is 0.516 e. The van der Waals surface area contributed by atoms with Crippen LogP contribution in [0.25, 0.3) is 10.8 Å². The molecule has 35 heavy (non-hydrogen) atoms. The second-order valence-corrected chi connectivity index (χ2v) is 10.8. The minimum Gasteiger partial charge on any atom is -0.487 e. The van der Waals surface area contributed by atoms with Crippen molar-refractivity contribution in [1.29, 1.82) is 0 Å². The molecule has 1 heterocycles. The van der Waals surface area contributed by atoms with E-state index >= 15 is 0 Å². The summed E-state index contributed by atoms with van der Waals surface area (Å²) in [6.07, 6.45) is 1.43. The van der Waals surface area contributed by atoms with Gasteiger partial charge in [-0.3, -0.25) is 10.2 Å². The summed E-state index contributed by atoms with van der Waals surface area (Å²) in [4.78, 5) is 10.1. The van der Waals surface area contributed by atoms with Gasteiger partial charge in [0.05, 0.1) is 0 Å². The van der Waals surface area contributed by atoms with Gasteiger partial charge in [-0.25, -0.2) is 9.83 Å². The average molecular weight is 508 g/mol. The first-order chi connectivity index (χ1) is 16.3. The lowest BCUT2D eigenvalue weighted by Crippen LogP contribution is -2.34. The van der Waals surface area contributed by atoms with Crippen molar-refractivity contribution in [3.05, 3.63) is 71.8 Å². The topological polar surface area (TPSA) is 89.0 Å². The van der Waals surface area contributed by atoms with Crippen LogP contribution in [0.2, 0.25) is 0 Å². The Hall–Kier alpha value is -3.31. The zero-order chi connectivity index (χ0) is 25.5. The summed E-state index contributed by atoms with van der Waals surface area (Å²) in [5.74, 6) is 0.434. The number of rotatable bonds is 6. The summed E-state index contributed by atoms with van der Waals surface area (Å²) >= 11 is 0. The highest BCUT2D eigenvalue weighted by molar-refractivity contribution is 7.93. The quantitative estimate of drug-likeness (QED) is 0.479. The molecule has 1 atom stereocenters. The third-order valence-electron chi connectivity index (χ3n) is 5.58. The van der Waals surface area contributed by atoms with E-state index in [4.69, 9.17) is 9.57 Å². The van der Waals surface area contributed by atoms with Gasteiger partial charge in [0.2, 0.25) is 5.72 Å². The number of ether oxygens (including phenoxy) is 1. The van der Waals surface area contributed by atoms with Crippen LogP contribution in [0.4, 0.5) is 18.9 Å². The zero-order valence-electron chi connectivity index (χ0n) is 19.2. The fourth-order valence-electron chi connectivity index (χ4n) is 3.63. The molecule has 7 nitrogen and oxygen atoms in total. The van der Waals surface area contributed by atoms with Crippen molar-refractivity contribution in [3.8, 4) is 5.75 Å². The van der Waals surface area contributed by atoms with Crippen molar-refractivity contribution in [2.45, 2.75) is 37.4 Å². The van der Waals surface area contributed by atoms with Crippen LogP contribution in [-0.4, -0.2) is 26.9 Å². The van der Waals surface area contributed by atoms with Crippen LogP contribution in [-0.2, 0) is 26.0 Å². The van der Waals surface area contributed by atoms with E-state index in [1.165, 1.54) is 24.5 Å². The molecule has 0 aromatic heterocycles. The Balaban J connectivity index is 1.59. The van der Waals surface area contributed by atoms with E-state index in [1.54, 1.807) is 22.9 Å². The van der Waals surface area contributed by atoms with Crippen LogP contribution in [0.1, 0.15) is 31.9 Å². The number of hydrogen-bond acceptors (Lipinski definition) is 6. The minimum atomic E-state index is -5.52. The molecule has 186 valence electrons. The van der Waals surface area contributed by atoms with Gasteiger partial charge >= 0.3 is 15.5 Å². The van der Waals surface area contributed by atoms with Gasteiger partial charge in [-0.2, -0.15) is 21.6 Å². The van der Waals surface area contributed by atoms with Crippen molar-refractivity contribution >= 4 is 32.8 Å². The Morgan fingerprint density at radius 3 is 2.37 bits per heavy atom. The lowest BCUT2D eigenvalue weighted by molar-refractivity contribution is -0.0842. The van der Waals surface area contributed by atoms with Crippen molar-refractivity contribution in [2.75, 3.05) is 11.3 Å². The van der Waals surface area contributed by atoms with E-state index in [0.29, 0.717) is 16.5 Å². The SMILES string of the molecule is CC(C)(C)c1ccc(C2(COc3cccc4cc(NS(=O)(=O)C(F)(F)F)ccc34)N=CNO2)cc1. The summed E-state index contributed by atoms with van der Waals surface area (Å²) < 4.78 is 68.6. The molecule has 1 aliphatic heterocycles. The standard InChI is InChI=1S/C24H24F3N3O4S/c1-22(2,3)17-7-9-18(10-8-17)23(28-15-29-34-23)14-33-21-6-4-5-16-13-19(11-12-20(16)21)30-35(31,32)24(25,26)27/h4-13,15,30H,14H2,1-3H3,(H,28,29). The molecule has 0 amide bonds. The summed E-state index contributed by atoms with van der Waals surface area (Å²) in [6, 6.07) is 16.9. The number of aliphatic imine (C=N–C) groups is 1. The Kier molecular flexibility index (Phi) is 6.18. The van der Waals surface area contributed by atoms with E-state index in [9.17, 15) is 21.6 Å². The number of sulfonamides is 1. The molecule has 0 fully saturated rings. The van der Waals surface area contributed by atoms with Crippen molar-refractivity contribution in [1.82, 2.24) is 5.48 Å². The van der Waals surface area contributed by atoms with Crippen molar-refractivity contribution in [2.24, 2.45) is 4.99 Å². The highest BCUT2D eigenvalue weighted by Crippen LogP contribution is 2.35. The lowest BCUT2D eigenvalue weighted by Gasteiger charge is -2.26. The number of halogens is 3. The number of anilines is 1. The van der Waals surface area contributed by atoms with Crippen LogP contribution >= 0.6 is 0 Å². The predicted molar refractivity (Wildman–Crippen MR) is 128 cm³/mol. The Morgan fingerprint density at radius 2 is 1.77 bits per heavy atom. The molecule has 2 N–H and O–H groups in total. The number of hydroxylamine groups is 1. The molecule has 0 radical (unpaired) electrons. The van der Waals surface area contributed by atoms with E-state index in [2.05, 4.69) is 31.2 Å². The Bertz CT molecular complexity index is 1370. The number of benzene rings is 3. The van der Waals surface area contributed by atoms with Gasteiger partial charge in [0.25, 0.3) is 0 Å². The van der Waals surface area contributed by atoms with Crippen LogP contribution in [0, 0.1) is 0 Å². The molecule has 11 heteroatoms. The molecular weight excluding hydrogens is 483 g/mol. The molecule has 3 aromatic carbocycles. The van der Waals surface area contributed by atoms with Crippen LogP contribution in [0.15, 0.2) is 65.7 Å². The van der Waals surface area contributed by atoms with Gasteiger partial charge in [-0.15, -0.1) is 0 Å². The molecule has 0 bridgehead atoms. The second kappa shape index (κ2) is 8.72. The second-order valence-electron chi connectivity index (χ2n) is 9.12. The Labute approximate surface area is 201 Å². The van der Waals surface area contributed by atoms with Gasteiger partial charge < -0.3 is 4.74 Å². The zero-order valence-corrected chi connectivity index (χ0v) is 20.0. The number of alkyl halides is 3. The van der Waals surface area contributed by atoms with Crippen molar-refractivity contribution < 1.29 is 31.2 Å². The molecule has 0 aliphatic carbocycles. The first-order valence-electron chi connectivity index (χ1n) is 10.6. The third kappa shape index (κ3) is 5.06. The maximum atomic E-state index is 12.7. The number of nitrogens with one attached hydrogen (secondary N) is 2. The molecule has 4 rings (SSSR count). The molecule has 3 aromatic rings. The fourth-order valence-corrected chi connectivity index (χ4v) is 4.18. The predicted octanol–water partition coefficient (Wildman–Crippen LogP) is 5.19. The van der Waals surface area contributed by atoms with E-state index in [1.807, 2.05) is 24.3 Å². The normalized spacial score (nSPS) is 18.5. The lowest BCUT2D eigenvalue weighted by atomic mass is 9.86. The molecule has 1 aliphatic rings. The summed E-state index contributed by atoms with van der Waals surface area (Å²) in [6.45, 7) is 6.36. The Morgan fingerprint density at radius 1 is 1.06 bits per heavy atom. The number of fused-ring (bicyclic) bond motifs is 1. The van der Waals surface area contributed by atoms with Gasteiger partial charge in [0.15, 0.2) is 0 Å². The molecule has 0 spiro atoms. The van der Waals surface area contributed by atoms with Gasteiger partial charge in [0, 0.05) is 16.6 Å². The minimum absolute atomic E-state index is 0.00688. The number of hydrogen-bond donors (Lipinski definition) is 2. The van der Waals surface area contributed by atoms with E-state index in [-0.39, 0.29) is 17.7 Å². The first-order valence-corrected chi connectivity index (χ1v) is 12.1. The molecule has 0 saturated carbocycles. The monoisotopic (exact) mass is 507 g/mol. The van der Waals surface area contributed by atoms with Crippen molar-refractivity contribution in [3.63, 3.8) is 0 Å². The highest BCUT2D eigenvalue weighted by atomic mass is 32.2. The van der Waals surface area contributed by atoms with Gasteiger partial charge in [-0.05, 0) is 40.6 Å². The van der Waals surface area contributed by atoms with Crippen LogP contribution in [0.5, 0.6) is 5.75 Å². The van der Waals surface area contributed by atoms with Gasteiger partial charge in [0.1, 0.15) is 18.7 Å². The van der Waals surface area contributed by atoms with Crippen LogP contribution < -0.4 is 14.9 Å². The third-order valence-corrected chi connectivity index (χ3v) is 6.69. The van der Waals surface area contributed by atoms with E-state index in [0.717, 1.165) is 11.1 Å². The average Bonchev–Trinajstić information content (AvgIpc) is 3.26. The maximum absolute atomic E-state index is 12.7. The molecular formula is C24H24F3N3O4S. The molecule has 0 saturated heterocycles. The highest BCUT2D eigenvalue weighted by Gasteiger charge is 2.46. The largest absolute Gasteiger partial charge is 0.516 e. The molecule has 1 unspecified atom stereocenters.